The summed E-state index contributed by atoms with van der Waals surface area (Å²) < 4.78 is 5.00. The lowest BCUT2D eigenvalue weighted by Gasteiger charge is -2.26. The Labute approximate surface area is 145 Å². The van der Waals surface area contributed by atoms with Gasteiger partial charge in [-0.1, -0.05) is 17.7 Å². The van der Waals surface area contributed by atoms with Crippen LogP contribution in [0.15, 0.2) is 18.2 Å². The lowest BCUT2D eigenvalue weighted by molar-refractivity contribution is -0.153. The first-order chi connectivity index (χ1) is 11.4. The highest BCUT2D eigenvalue weighted by atomic mass is 35.5. The van der Waals surface area contributed by atoms with E-state index in [4.69, 9.17) is 16.3 Å². The molecule has 0 unspecified atom stereocenters. The van der Waals surface area contributed by atoms with Crippen LogP contribution in [0.3, 0.4) is 0 Å². The quantitative estimate of drug-likeness (QED) is 0.638. The second kappa shape index (κ2) is 8.10. The lowest BCUT2D eigenvalue weighted by atomic mass is 10.2. The van der Waals surface area contributed by atoms with Gasteiger partial charge in [-0.15, -0.1) is 0 Å². The monoisotopic (exact) mass is 353 g/mol. The molecular weight excluding hydrogens is 334 g/mol. The smallest absolute Gasteiger partial charge is 0.328 e. The highest BCUT2D eigenvalue weighted by Crippen LogP contribution is 2.19. The van der Waals surface area contributed by atoms with Gasteiger partial charge in [0.1, 0.15) is 22.9 Å². The van der Waals surface area contributed by atoms with E-state index in [1.165, 1.54) is 11.0 Å². The first kappa shape index (κ1) is 18.2. The minimum Gasteiger partial charge on any atom is -0.464 e. The highest BCUT2D eigenvalue weighted by molar-refractivity contribution is 6.29. The van der Waals surface area contributed by atoms with E-state index in [0.29, 0.717) is 13.0 Å². The van der Waals surface area contributed by atoms with Crippen LogP contribution in [0.4, 0.5) is 0 Å². The van der Waals surface area contributed by atoms with Crippen LogP contribution in [0.25, 0.3) is 0 Å². The highest BCUT2D eigenvalue weighted by Gasteiger charge is 2.37. The van der Waals surface area contributed by atoms with Crippen molar-refractivity contribution < 1.29 is 19.1 Å². The van der Waals surface area contributed by atoms with Crippen molar-refractivity contribution in [1.29, 1.82) is 0 Å². The van der Waals surface area contributed by atoms with Crippen molar-refractivity contribution in [1.82, 2.24) is 15.2 Å². The van der Waals surface area contributed by atoms with Gasteiger partial charge in [-0.05, 0) is 38.8 Å². The summed E-state index contributed by atoms with van der Waals surface area (Å²) in [6.45, 7) is 4.03. The van der Waals surface area contributed by atoms with E-state index in [2.05, 4.69) is 10.3 Å². The normalized spacial score (nSPS) is 18.1. The molecule has 2 amide bonds. The predicted octanol–water partition coefficient (Wildman–Crippen LogP) is 1.41. The Morgan fingerprint density at radius 2 is 2.21 bits per heavy atom. The van der Waals surface area contributed by atoms with E-state index < -0.39 is 24.0 Å². The molecule has 1 aromatic rings. The summed E-state index contributed by atoms with van der Waals surface area (Å²) in [6, 6.07) is 3.31. The van der Waals surface area contributed by atoms with Crippen molar-refractivity contribution in [2.75, 3.05) is 13.2 Å². The molecule has 7 nitrogen and oxygen atoms in total. The summed E-state index contributed by atoms with van der Waals surface area (Å²) in [7, 11) is 0. The number of rotatable bonds is 5. The number of hydrogen-bond acceptors (Lipinski definition) is 5. The Bertz CT molecular complexity index is 638. The van der Waals surface area contributed by atoms with Crippen LogP contribution in [0.2, 0.25) is 5.15 Å². The number of hydrogen-bond donors (Lipinski definition) is 1. The van der Waals surface area contributed by atoms with Gasteiger partial charge >= 0.3 is 5.97 Å². The maximum absolute atomic E-state index is 12.6. The van der Waals surface area contributed by atoms with Crippen LogP contribution >= 0.6 is 11.6 Å². The molecule has 8 heteroatoms. The molecule has 1 saturated heterocycles. The van der Waals surface area contributed by atoms with Crippen LogP contribution in [0, 0.1) is 0 Å². The zero-order valence-corrected chi connectivity index (χ0v) is 14.4. The van der Waals surface area contributed by atoms with Gasteiger partial charge in [0.2, 0.25) is 5.91 Å². The number of carbonyl (C=O) groups is 3. The van der Waals surface area contributed by atoms with Crippen molar-refractivity contribution in [2.45, 2.75) is 38.8 Å². The fraction of sp³-hybridized carbons (Fsp3) is 0.500. The van der Waals surface area contributed by atoms with Gasteiger partial charge in [0.05, 0.1) is 6.61 Å². The summed E-state index contributed by atoms with van der Waals surface area (Å²) in [5.74, 6) is -1.22. The Hall–Kier alpha value is -2.15. The zero-order valence-electron chi connectivity index (χ0n) is 13.6. The second-order valence-corrected chi connectivity index (χ2v) is 5.87. The number of likely N-dealkylation sites (tertiary alicyclic amines) is 1. The van der Waals surface area contributed by atoms with Crippen molar-refractivity contribution in [3.05, 3.63) is 29.0 Å². The minimum atomic E-state index is -0.784. The number of nitrogens with zero attached hydrogens (tertiary/aromatic N) is 2. The summed E-state index contributed by atoms with van der Waals surface area (Å²) in [5, 5.41) is 2.79. The van der Waals surface area contributed by atoms with Gasteiger partial charge in [-0.3, -0.25) is 9.59 Å². The number of halogens is 1. The third kappa shape index (κ3) is 4.23. The molecule has 1 aliphatic heterocycles. The largest absolute Gasteiger partial charge is 0.464 e. The van der Waals surface area contributed by atoms with Crippen LogP contribution in [-0.2, 0) is 14.3 Å². The third-order valence-electron chi connectivity index (χ3n) is 3.76. The molecule has 1 fully saturated rings. The van der Waals surface area contributed by atoms with Gasteiger partial charge in [-0.25, -0.2) is 9.78 Å². The number of pyridine rings is 1. The molecule has 0 spiro atoms. The number of ether oxygens (including phenoxy) is 1. The Balaban J connectivity index is 2.01. The molecule has 2 atom stereocenters. The fourth-order valence-corrected chi connectivity index (χ4v) is 2.79. The molecule has 1 aliphatic rings. The van der Waals surface area contributed by atoms with Crippen LogP contribution in [-0.4, -0.2) is 52.9 Å². The van der Waals surface area contributed by atoms with Crippen molar-refractivity contribution in [2.24, 2.45) is 0 Å². The standard InChI is InChI=1S/C16H20ClN3O4/c1-3-24-16(23)12-7-5-9-20(12)15(22)10(2)18-14(21)11-6-4-8-13(17)19-11/h4,6,8,10,12H,3,5,7,9H2,1-2H3,(H,18,21)/t10-,12-/m0/s1. The molecule has 0 aliphatic carbocycles. The van der Waals surface area contributed by atoms with E-state index in [1.54, 1.807) is 26.0 Å². The molecular formula is C16H20ClN3O4. The van der Waals surface area contributed by atoms with Gasteiger partial charge in [0.15, 0.2) is 0 Å². The molecule has 1 aromatic heterocycles. The SMILES string of the molecule is CCOC(=O)[C@@H]1CCCN1C(=O)[C@H](C)NC(=O)c1cccc(Cl)n1. The second-order valence-electron chi connectivity index (χ2n) is 5.48. The fourth-order valence-electron chi connectivity index (χ4n) is 2.63. The van der Waals surface area contributed by atoms with Gasteiger partial charge in [-0.2, -0.15) is 0 Å². The number of aromatic nitrogens is 1. The van der Waals surface area contributed by atoms with E-state index in [-0.39, 0.29) is 23.4 Å². The average Bonchev–Trinajstić information content (AvgIpc) is 3.03. The molecule has 0 saturated carbocycles. The van der Waals surface area contributed by atoms with E-state index >= 15 is 0 Å². The topological polar surface area (TPSA) is 88.6 Å². The van der Waals surface area contributed by atoms with Gasteiger partial charge in [0.25, 0.3) is 5.91 Å². The number of nitrogens with one attached hydrogen (secondary N) is 1. The van der Waals surface area contributed by atoms with Crippen LogP contribution in [0.1, 0.15) is 37.2 Å². The first-order valence-corrected chi connectivity index (χ1v) is 8.22. The van der Waals surface area contributed by atoms with Crippen molar-refractivity contribution >= 4 is 29.4 Å². The Kier molecular flexibility index (Phi) is 6.14. The average molecular weight is 354 g/mol. The van der Waals surface area contributed by atoms with E-state index in [0.717, 1.165) is 6.42 Å². The maximum Gasteiger partial charge on any atom is 0.328 e. The van der Waals surface area contributed by atoms with Crippen molar-refractivity contribution in [3.63, 3.8) is 0 Å². The molecule has 130 valence electrons. The van der Waals surface area contributed by atoms with E-state index in [1.807, 2.05) is 0 Å². The minimum absolute atomic E-state index is 0.130. The molecule has 2 heterocycles. The van der Waals surface area contributed by atoms with Gasteiger partial charge in [0, 0.05) is 6.54 Å². The Morgan fingerprint density at radius 1 is 1.46 bits per heavy atom. The number of esters is 1. The molecule has 0 aromatic carbocycles. The first-order valence-electron chi connectivity index (χ1n) is 7.84. The summed E-state index contributed by atoms with van der Waals surface area (Å²) in [5.41, 5.74) is 0.130. The molecule has 0 bridgehead atoms. The van der Waals surface area contributed by atoms with Crippen LogP contribution < -0.4 is 5.32 Å². The summed E-state index contributed by atoms with van der Waals surface area (Å²) in [4.78, 5) is 42.0. The maximum atomic E-state index is 12.6. The lowest BCUT2D eigenvalue weighted by Crippen LogP contribution is -2.50. The zero-order chi connectivity index (χ0) is 17.7. The van der Waals surface area contributed by atoms with E-state index in [9.17, 15) is 14.4 Å². The van der Waals surface area contributed by atoms with Crippen molar-refractivity contribution in [3.8, 4) is 0 Å². The molecule has 24 heavy (non-hydrogen) atoms. The molecule has 1 N–H and O–H groups in total. The Morgan fingerprint density at radius 3 is 2.88 bits per heavy atom. The van der Waals surface area contributed by atoms with Crippen LogP contribution in [0.5, 0.6) is 0 Å². The van der Waals surface area contributed by atoms with Gasteiger partial charge < -0.3 is 15.0 Å². The number of carbonyl (C=O) groups excluding carboxylic acids is 3. The summed E-state index contributed by atoms with van der Waals surface area (Å²) >= 11 is 5.76. The predicted molar refractivity (Wildman–Crippen MR) is 87.5 cm³/mol. The molecule has 2 rings (SSSR count). The molecule has 0 radical (unpaired) electrons. The summed E-state index contributed by atoms with van der Waals surface area (Å²) in [6.07, 6.45) is 1.30. The number of amides is 2. The third-order valence-corrected chi connectivity index (χ3v) is 3.97.